The van der Waals surface area contributed by atoms with Gasteiger partial charge in [0.25, 0.3) is 11.8 Å². The van der Waals surface area contributed by atoms with Crippen molar-refractivity contribution in [3.63, 3.8) is 0 Å². The number of hydrogen-bond acceptors (Lipinski definition) is 7. The van der Waals surface area contributed by atoms with E-state index < -0.39 is 24.6 Å². The van der Waals surface area contributed by atoms with Crippen LogP contribution in [0.3, 0.4) is 0 Å². The lowest BCUT2D eigenvalue weighted by molar-refractivity contribution is -0.151. The van der Waals surface area contributed by atoms with Crippen molar-refractivity contribution in [1.29, 1.82) is 0 Å². The van der Waals surface area contributed by atoms with Crippen molar-refractivity contribution in [2.45, 2.75) is 13.8 Å². The molecule has 10 nitrogen and oxygen atoms in total. The first-order chi connectivity index (χ1) is 14.4. The van der Waals surface area contributed by atoms with E-state index in [0.29, 0.717) is 50.7 Å². The lowest BCUT2D eigenvalue weighted by Gasteiger charge is -2.33. The lowest BCUT2D eigenvalue weighted by Crippen LogP contribution is -2.51. The number of carbonyl (C=O) groups excluding carboxylic acids is 4. The zero-order chi connectivity index (χ0) is 21.9. The van der Waals surface area contributed by atoms with E-state index in [9.17, 15) is 19.2 Å². The number of esters is 1. The predicted octanol–water partition coefficient (Wildman–Crippen LogP) is 0.659. The molecular formula is C20H27N3O7. The summed E-state index contributed by atoms with van der Waals surface area (Å²) in [6, 6.07) is 6.50. The van der Waals surface area contributed by atoms with Gasteiger partial charge in [-0.3, -0.25) is 14.4 Å². The summed E-state index contributed by atoms with van der Waals surface area (Å²) in [4.78, 5) is 50.7. The SMILES string of the molecule is CCOC(=O)N1CCN(C(=O)COC(=O)CNC(=O)c2ccc(OCC)cc2)CC1. The van der Waals surface area contributed by atoms with Gasteiger partial charge in [0.1, 0.15) is 12.3 Å². The number of benzene rings is 1. The molecule has 0 radical (unpaired) electrons. The largest absolute Gasteiger partial charge is 0.494 e. The van der Waals surface area contributed by atoms with Crippen molar-refractivity contribution >= 4 is 23.9 Å². The predicted molar refractivity (Wildman–Crippen MR) is 106 cm³/mol. The molecular weight excluding hydrogens is 394 g/mol. The number of amides is 3. The van der Waals surface area contributed by atoms with Crippen LogP contribution in [-0.4, -0.2) is 86.2 Å². The van der Waals surface area contributed by atoms with E-state index in [1.54, 1.807) is 31.2 Å². The summed E-state index contributed by atoms with van der Waals surface area (Å²) in [7, 11) is 0. The van der Waals surface area contributed by atoms with Crippen LogP contribution >= 0.6 is 0 Å². The molecule has 10 heteroatoms. The Morgan fingerprint density at radius 2 is 1.53 bits per heavy atom. The molecule has 0 bridgehead atoms. The van der Waals surface area contributed by atoms with Crippen LogP contribution in [0.5, 0.6) is 5.75 Å². The topological polar surface area (TPSA) is 114 Å². The van der Waals surface area contributed by atoms with Crippen LogP contribution in [0.2, 0.25) is 0 Å². The van der Waals surface area contributed by atoms with Gasteiger partial charge in [-0.15, -0.1) is 0 Å². The average molecular weight is 421 g/mol. The third kappa shape index (κ3) is 6.94. The van der Waals surface area contributed by atoms with Crippen LogP contribution in [0.4, 0.5) is 4.79 Å². The number of nitrogens with one attached hydrogen (secondary N) is 1. The smallest absolute Gasteiger partial charge is 0.409 e. The fraction of sp³-hybridized carbons (Fsp3) is 0.500. The van der Waals surface area contributed by atoms with Crippen LogP contribution in [0.1, 0.15) is 24.2 Å². The van der Waals surface area contributed by atoms with Gasteiger partial charge in [-0.25, -0.2) is 4.79 Å². The maximum atomic E-state index is 12.2. The molecule has 0 saturated carbocycles. The highest BCUT2D eigenvalue weighted by Crippen LogP contribution is 2.12. The molecule has 1 fully saturated rings. The van der Waals surface area contributed by atoms with E-state index in [2.05, 4.69) is 5.32 Å². The Balaban J connectivity index is 1.67. The minimum atomic E-state index is -0.715. The summed E-state index contributed by atoms with van der Waals surface area (Å²) in [6.07, 6.45) is -0.403. The van der Waals surface area contributed by atoms with Crippen LogP contribution in [0, 0.1) is 0 Å². The van der Waals surface area contributed by atoms with Crippen LogP contribution in [-0.2, 0) is 19.1 Å². The Hall–Kier alpha value is -3.30. The summed E-state index contributed by atoms with van der Waals surface area (Å²) in [5.74, 6) is -0.857. The number of nitrogens with zero attached hydrogens (tertiary/aromatic N) is 2. The summed E-state index contributed by atoms with van der Waals surface area (Å²) in [6.45, 7) is 5.03. The summed E-state index contributed by atoms with van der Waals surface area (Å²) < 4.78 is 15.2. The quantitative estimate of drug-likeness (QED) is 0.613. The lowest BCUT2D eigenvalue weighted by atomic mass is 10.2. The first-order valence-electron chi connectivity index (χ1n) is 9.80. The van der Waals surface area contributed by atoms with Gasteiger partial charge >= 0.3 is 12.1 Å². The zero-order valence-electron chi connectivity index (χ0n) is 17.2. The molecule has 30 heavy (non-hydrogen) atoms. The van der Waals surface area contributed by atoms with Crippen LogP contribution in [0.15, 0.2) is 24.3 Å². The second kappa shape index (κ2) is 11.6. The number of ether oxygens (including phenoxy) is 3. The normalized spacial score (nSPS) is 13.4. The summed E-state index contributed by atoms with van der Waals surface area (Å²) in [5.41, 5.74) is 0.377. The van der Waals surface area contributed by atoms with Crippen molar-refractivity contribution in [2.24, 2.45) is 0 Å². The summed E-state index contributed by atoms with van der Waals surface area (Å²) >= 11 is 0. The highest BCUT2D eigenvalue weighted by Gasteiger charge is 2.25. The molecule has 1 aliphatic rings. The summed E-state index contributed by atoms with van der Waals surface area (Å²) in [5, 5.41) is 2.45. The van der Waals surface area contributed by atoms with Gasteiger partial charge in [-0.2, -0.15) is 0 Å². The van der Waals surface area contributed by atoms with Gasteiger partial charge in [0.2, 0.25) is 0 Å². The van der Waals surface area contributed by atoms with Crippen molar-refractivity contribution < 1.29 is 33.4 Å². The molecule has 0 unspecified atom stereocenters. The Labute approximate surface area is 175 Å². The maximum Gasteiger partial charge on any atom is 0.409 e. The molecule has 3 amide bonds. The highest BCUT2D eigenvalue weighted by atomic mass is 16.6. The van der Waals surface area contributed by atoms with E-state index in [-0.39, 0.29) is 12.5 Å². The molecule has 1 saturated heterocycles. The molecule has 0 aromatic heterocycles. The minimum Gasteiger partial charge on any atom is -0.494 e. The van der Waals surface area contributed by atoms with Crippen LogP contribution in [0.25, 0.3) is 0 Å². The Kier molecular flexibility index (Phi) is 8.92. The fourth-order valence-electron chi connectivity index (χ4n) is 2.76. The van der Waals surface area contributed by atoms with Crippen LogP contribution < -0.4 is 10.1 Å². The fourth-order valence-corrected chi connectivity index (χ4v) is 2.76. The van der Waals surface area contributed by atoms with Crippen molar-refractivity contribution in [1.82, 2.24) is 15.1 Å². The molecule has 0 atom stereocenters. The van der Waals surface area contributed by atoms with E-state index in [4.69, 9.17) is 14.2 Å². The van der Waals surface area contributed by atoms with Gasteiger partial charge in [-0.05, 0) is 38.1 Å². The highest BCUT2D eigenvalue weighted by molar-refractivity contribution is 5.96. The Morgan fingerprint density at radius 1 is 0.900 bits per heavy atom. The third-order valence-corrected chi connectivity index (χ3v) is 4.34. The number of carbonyl (C=O) groups is 4. The first kappa shape index (κ1) is 23.0. The third-order valence-electron chi connectivity index (χ3n) is 4.34. The molecule has 1 N–H and O–H groups in total. The molecule has 164 valence electrons. The van der Waals surface area contributed by atoms with Gasteiger partial charge < -0.3 is 29.3 Å². The molecule has 1 aromatic carbocycles. The molecule has 0 aliphatic carbocycles. The number of hydrogen-bond donors (Lipinski definition) is 1. The van der Waals surface area contributed by atoms with Crippen molar-refractivity contribution in [3.8, 4) is 5.75 Å². The monoisotopic (exact) mass is 421 g/mol. The van der Waals surface area contributed by atoms with E-state index in [1.165, 1.54) is 9.80 Å². The van der Waals surface area contributed by atoms with Crippen molar-refractivity contribution in [2.75, 3.05) is 52.5 Å². The molecule has 1 aromatic rings. The average Bonchev–Trinajstić information content (AvgIpc) is 2.76. The molecule has 1 aliphatic heterocycles. The minimum absolute atomic E-state index is 0.295. The Morgan fingerprint density at radius 3 is 2.13 bits per heavy atom. The van der Waals surface area contributed by atoms with E-state index in [0.717, 1.165) is 0 Å². The number of rotatable bonds is 8. The second-order valence-corrected chi connectivity index (χ2v) is 6.37. The van der Waals surface area contributed by atoms with Gasteiger partial charge in [0.05, 0.1) is 13.2 Å². The first-order valence-corrected chi connectivity index (χ1v) is 9.80. The van der Waals surface area contributed by atoms with E-state index >= 15 is 0 Å². The number of piperazine rings is 1. The molecule has 2 rings (SSSR count). The second-order valence-electron chi connectivity index (χ2n) is 6.37. The van der Waals surface area contributed by atoms with Gasteiger partial charge in [0.15, 0.2) is 6.61 Å². The Bertz CT molecular complexity index is 743. The zero-order valence-corrected chi connectivity index (χ0v) is 17.2. The van der Waals surface area contributed by atoms with Gasteiger partial charge in [0, 0.05) is 31.7 Å². The van der Waals surface area contributed by atoms with Crippen molar-refractivity contribution in [3.05, 3.63) is 29.8 Å². The molecule has 0 spiro atoms. The van der Waals surface area contributed by atoms with Gasteiger partial charge in [-0.1, -0.05) is 0 Å². The standard InChI is InChI=1S/C20H27N3O7/c1-3-28-16-7-5-15(6-8-16)19(26)21-13-18(25)30-14-17(24)22-9-11-23(12-10-22)20(27)29-4-2/h5-8H,3-4,9-14H2,1-2H3,(H,21,26). The maximum absolute atomic E-state index is 12.2. The molecule has 1 heterocycles. The van der Waals surface area contributed by atoms with E-state index in [1.807, 2.05) is 6.92 Å².